The van der Waals surface area contributed by atoms with E-state index in [1.807, 2.05) is 0 Å². The van der Waals surface area contributed by atoms with Crippen molar-refractivity contribution in [1.82, 2.24) is 15.1 Å². The Bertz CT molecular complexity index is 355. The lowest BCUT2D eigenvalue weighted by molar-refractivity contribution is -0.127. The summed E-state index contributed by atoms with van der Waals surface area (Å²) in [5.74, 6) is 0.206. The summed E-state index contributed by atoms with van der Waals surface area (Å²) in [7, 11) is 0. The van der Waals surface area contributed by atoms with Crippen LogP contribution in [0.1, 0.15) is 32.6 Å². The fourth-order valence-corrected chi connectivity index (χ4v) is 3.59. The van der Waals surface area contributed by atoms with E-state index < -0.39 is 0 Å². The largest absolute Gasteiger partial charge is 0.392 e. The minimum Gasteiger partial charge on any atom is -0.392 e. The van der Waals surface area contributed by atoms with Crippen molar-refractivity contribution in [3.63, 3.8) is 0 Å². The average molecular weight is 298 g/mol. The standard InChI is InChI=1S/C14H26N4OS/c1-2-11(13(15)20)17-7-9-18(10-8-17)12-5-3-4-6-16-14(12)19/h11-12H,2-10H2,1H3,(H2,15,20)(H,16,19). The van der Waals surface area contributed by atoms with Crippen molar-refractivity contribution in [2.75, 3.05) is 32.7 Å². The van der Waals surface area contributed by atoms with Crippen LogP contribution in [-0.4, -0.2) is 65.5 Å². The zero-order valence-electron chi connectivity index (χ0n) is 12.3. The second-order valence-corrected chi connectivity index (χ2v) is 6.17. The molecule has 0 saturated carbocycles. The molecule has 0 radical (unpaired) electrons. The van der Waals surface area contributed by atoms with E-state index in [1.165, 1.54) is 0 Å². The summed E-state index contributed by atoms with van der Waals surface area (Å²) in [6.45, 7) is 6.69. The molecular formula is C14H26N4OS. The van der Waals surface area contributed by atoms with Crippen molar-refractivity contribution in [2.45, 2.75) is 44.7 Å². The molecule has 0 aromatic carbocycles. The van der Waals surface area contributed by atoms with Gasteiger partial charge in [0, 0.05) is 32.7 Å². The number of hydrogen-bond acceptors (Lipinski definition) is 4. The van der Waals surface area contributed by atoms with Crippen LogP contribution in [0, 0.1) is 0 Å². The van der Waals surface area contributed by atoms with E-state index in [0.717, 1.165) is 58.4 Å². The topological polar surface area (TPSA) is 61.6 Å². The summed E-state index contributed by atoms with van der Waals surface area (Å²) in [4.78, 5) is 17.4. The Hall–Kier alpha value is -0.720. The van der Waals surface area contributed by atoms with Crippen LogP contribution >= 0.6 is 12.2 Å². The third kappa shape index (κ3) is 3.68. The van der Waals surface area contributed by atoms with Crippen LogP contribution < -0.4 is 11.1 Å². The average Bonchev–Trinajstić information content (AvgIpc) is 2.65. The minimum absolute atomic E-state index is 0.0598. The van der Waals surface area contributed by atoms with Crippen molar-refractivity contribution in [3.05, 3.63) is 0 Å². The molecule has 0 spiro atoms. The maximum absolute atomic E-state index is 12.1. The van der Waals surface area contributed by atoms with Gasteiger partial charge in [-0.15, -0.1) is 0 Å². The highest BCUT2D eigenvalue weighted by Gasteiger charge is 2.31. The molecule has 1 amide bonds. The van der Waals surface area contributed by atoms with Crippen LogP contribution in [0.4, 0.5) is 0 Å². The summed E-state index contributed by atoms with van der Waals surface area (Å²) in [6, 6.07) is 0.264. The molecule has 0 bridgehead atoms. The van der Waals surface area contributed by atoms with Crippen molar-refractivity contribution in [1.29, 1.82) is 0 Å². The van der Waals surface area contributed by atoms with Gasteiger partial charge in [-0.1, -0.05) is 19.1 Å². The molecule has 2 unspecified atom stereocenters. The maximum Gasteiger partial charge on any atom is 0.237 e. The van der Waals surface area contributed by atoms with Gasteiger partial charge in [0.2, 0.25) is 5.91 Å². The van der Waals surface area contributed by atoms with Gasteiger partial charge < -0.3 is 11.1 Å². The third-order valence-electron chi connectivity index (χ3n) is 4.45. The van der Waals surface area contributed by atoms with Gasteiger partial charge in [-0.3, -0.25) is 14.6 Å². The molecule has 2 aliphatic heterocycles. The third-order valence-corrected chi connectivity index (χ3v) is 4.72. The van der Waals surface area contributed by atoms with E-state index in [0.29, 0.717) is 4.99 Å². The smallest absolute Gasteiger partial charge is 0.237 e. The molecule has 2 heterocycles. The van der Waals surface area contributed by atoms with Crippen LogP contribution in [-0.2, 0) is 4.79 Å². The number of nitrogens with two attached hydrogens (primary N) is 1. The molecule has 5 nitrogen and oxygen atoms in total. The molecule has 2 saturated heterocycles. The van der Waals surface area contributed by atoms with Gasteiger partial charge in [-0.2, -0.15) is 0 Å². The molecule has 6 heteroatoms. The number of thiocarbonyl (C=S) groups is 1. The van der Waals surface area contributed by atoms with Crippen LogP contribution in [0.2, 0.25) is 0 Å². The van der Waals surface area contributed by atoms with Gasteiger partial charge >= 0.3 is 0 Å². The van der Waals surface area contributed by atoms with Gasteiger partial charge in [-0.25, -0.2) is 0 Å². The van der Waals surface area contributed by atoms with Gasteiger partial charge in [-0.05, 0) is 25.7 Å². The molecule has 2 aliphatic rings. The lowest BCUT2D eigenvalue weighted by atomic mass is 10.1. The molecule has 0 aromatic heterocycles. The Labute approximate surface area is 126 Å². The Kier molecular flexibility index (Phi) is 5.74. The monoisotopic (exact) mass is 298 g/mol. The van der Waals surface area contributed by atoms with Crippen molar-refractivity contribution >= 4 is 23.1 Å². The minimum atomic E-state index is 0.0598. The summed E-state index contributed by atoms with van der Waals surface area (Å²) in [5.41, 5.74) is 5.81. The number of carbonyl (C=O) groups is 1. The molecule has 2 rings (SSSR count). The second kappa shape index (κ2) is 7.33. The van der Waals surface area contributed by atoms with Crippen LogP contribution in [0.15, 0.2) is 0 Å². The van der Waals surface area contributed by atoms with Gasteiger partial charge in [0.05, 0.1) is 17.1 Å². The fourth-order valence-electron chi connectivity index (χ4n) is 3.27. The number of carbonyl (C=O) groups excluding carboxylic acids is 1. The quantitative estimate of drug-likeness (QED) is 0.733. The van der Waals surface area contributed by atoms with Gasteiger partial charge in [0.25, 0.3) is 0 Å². The first kappa shape index (κ1) is 15.7. The fraction of sp³-hybridized carbons (Fsp3) is 0.857. The number of piperazine rings is 1. The number of amides is 1. The Morgan fingerprint density at radius 1 is 1.40 bits per heavy atom. The summed E-state index contributed by atoms with van der Waals surface area (Å²) in [6.07, 6.45) is 4.17. The van der Waals surface area contributed by atoms with E-state index in [1.54, 1.807) is 0 Å². The van der Waals surface area contributed by atoms with Crippen molar-refractivity contribution < 1.29 is 4.79 Å². The predicted molar refractivity (Wildman–Crippen MR) is 84.7 cm³/mol. The van der Waals surface area contributed by atoms with Crippen molar-refractivity contribution in [3.8, 4) is 0 Å². The number of rotatable bonds is 4. The Balaban J connectivity index is 1.90. The van der Waals surface area contributed by atoms with E-state index in [9.17, 15) is 4.79 Å². The molecule has 2 atom stereocenters. The molecule has 0 aliphatic carbocycles. The normalized spacial score (nSPS) is 27.6. The molecule has 2 fully saturated rings. The predicted octanol–water partition coefficient (Wildman–Crippen LogP) is 0.337. The van der Waals surface area contributed by atoms with E-state index >= 15 is 0 Å². The summed E-state index contributed by atoms with van der Waals surface area (Å²) >= 11 is 5.15. The zero-order chi connectivity index (χ0) is 14.5. The van der Waals surface area contributed by atoms with Crippen LogP contribution in [0.5, 0.6) is 0 Å². The van der Waals surface area contributed by atoms with Gasteiger partial charge in [0.1, 0.15) is 0 Å². The zero-order valence-corrected chi connectivity index (χ0v) is 13.1. The molecular weight excluding hydrogens is 272 g/mol. The Morgan fingerprint density at radius 3 is 2.70 bits per heavy atom. The highest BCUT2D eigenvalue weighted by Crippen LogP contribution is 2.17. The molecule has 3 N–H and O–H groups in total. The molecule has 114 valence electrons. The van der Waals surface area contributed by atoms with Gasteiger partial charge in [0.15, 0.2) is 0 Å². The number of nitrogens with one attached hydrogen (secondary N) is 1. The van der Waals surface area contributed by atoms with Crippen LogP contribution in [0.25, 0.3) is 0 Å². The second-order valence-electron chi connectivity index (χ2n) is 5.70. The lowest BCUT2D eigenvalue weighted by Crippen LogP contribution is -2.57. The SMILES string of the molecule is CCC(C(N)=S)N1CCN(C2CCCCNC2=O)CC1. The lowest BCUT2D eigenvalue weighted by Gasteiger charge is -2.41. The summed E-state index contributed by atoms with van der Waals surface area (Å²) in [5, 5.41) is 3.02. The number of hydrogen-bond donors (Lipinski definition) is 2. The number of nitrogens with zero attached hydrogens (tertiary/aromatic N) is 2. The van der Waals surface area contributed by atoms with Crippen molar-refractivity contribution in [2.24, 2.45) is 5.73 Å². The first-order chi connectivity index (χ1) is 9.63. The van der Waals surface area contributed by atoms with E-state index in [2.05, 4.69) is 22.0 Å². The maximum atomic E-state index is 12.1. The molecule has 0 aromatic rings. The van der Waals surface area contributed by atoms with E-state index in [-0.39, 0.29) is 18.0 Å². The Morgan fingerprint density at radius 2 is 2.10 bits per heavy atom. The highest BCUT2D eigenvalue weighted by molar-refractivity contribution is 7.80. The first-order valence-electron chi connectivity index (χ1n) is 7.68. The van der Waals surface area contributed by atoms with Crippen LogP contribution in [0.3, 0.4) is 0 Å². The summed E-state index contributed by atoms with van der Waals surface area (Å²) < 4.78 is 0. The molecule has 20 heavy (non-hydrogen) atoms. The van der Waals surface area contributed by atoms with E-state index in [4.69, 9.17) is 18.0 Å². The highest BCUT2D eigenvalue weighted by atomic mass is 32.1. The first-order valence-corrected chi connectivity index (χ1v) is 8.09.